The van der Waals surface area contributed by atoms with E-state index in [1.54, 1.807) is 31.2 Å². The molecule has 0 aliphatic carbocycles. The standard InChI is InChI=1S/C23H24N2O5S/c1-17(16-29-2)25-31(27,28)22-14-8-18(9-15-22)23(26)24-19-10-12-21(13-11-19)30-20-6-4-3-5-7-20/h3-15,17,25H,16H2,1-2H3,(H,24,26). The predicted molar refractivity (Wildman–Crippen MR) is 119 cm³/mol. The molecule has 0 bridgehead atoms. The van der Waals surface area contributed by atoms with Crippen LogP contribution in [-0.2, 0) is 14.8 Å². The number of ether oxygens (including phenoxy) is 2. The third-order valence-corrected chi connectivity index (χ3v) is 5.90. The van der Waals surface area contributed by atoms with E-state index in [4.69, 9.17) is 9.47 Å². The average molecular weight is 441 g/mol. The van der Waals surface area contributed by atoms with Crippen LogP contribution in [0.5, 0.6) is 11.5 Å². The molecule has 1 unspecified atom stereocenters. The lowest BCUT2D eigenvalue weighted by Gasteiger charge is -2.13. The van der Waals surface area contributed by atoms with Crippen LogP contribution in [0.1, 0.15) is 17.3 Å². The van der Waals surface area contributed by atoms with Crippen molar-refractivity contribution in [1.82, 2.24) is 4.72 Å². The molecule has 3 aromatic carbocycles. The van der Waals surface area contributed by atoms with Crippen LogP contribution in [0, 0.1) is 0 Å². The number of nitrogens with one attached hydrogen (secondary N) is 2. The van der Waals surface area contributed by atoms with Crippen LogP contribution >= 0.6 is 0 Å². The maximum absolute atomic E-state index is 12.5. The Kier molecular flexibility index (Phi) is 7.41. The summed E-state index contributed by atoms with van der Waals surface area (Å²) in [5.74, 6) is 1.02. The molecule has 0 aliphatic rings. The van der Waals surface area contributed by atoms with Gasteiger partial charge in [-0.15, -0.1) is 0 Å². The molecule has 31 heavy (non-hydrogen) atoms. The Labute approximate surface area is 182 Å². The second kappa shape index (κ2) is 10.2. The monoisotopic (exact) mass is 440 g/mol. The maximum Gasteiger partial charge on any atom is 0.255 e. The lowest BCUT2D eigenvalue weighted by molar-refractivity contribution is 0.102. The summed E-state index contributed by atoms with van der Waals surface area (Å²) >= 11 is 0. The Morgan fingerprint density at radius 3 is 2.13 bits per heavy atom. The molecule has 3 rings (SSSR count). The van der Waals surface area contributed by atoms with Crippen LogP contribution in [0.3, 0.4) is 0 Å². The van der Waals surface area contributed by atoms with Gasteiger partial charge in [0.15, 0.2) is 0 Å². The van der Waals surface area contributed by atoms with E-state index in [1.165, 1.54) is 31.4 Å². The van der Waals surface area contributed by atoms with Crippen molar-refractivity contribution in [2.24, 2.45) is 0 Å². The van der Waals surface area contributed by atoms with Crippen LogP contribution in [0.25, 0.3) is 0 Å². The minimum atomic E-state index is -3.69. The summed E-state index contributed by atoms with van der Waals surface area (Å²) in [6.45, 7) is 1.97. The van der Waals surface area contributed by atoms with Crippen molar-refractivity contribution in [3.05, 3.63) is 84.4 Å². The minimum Gasteiger partial charge on any atom is -0.457 e. The van der Waals surface area contributed by atoms with Gasteiger partial charge in [-0.3, -0.25) is 4.79 Å². The molecule has 0 heterocycles. The fourth-order valence-corrected chi connectivity index (χ4v) is 4.06. The fourth-order valence-electron chi connectivity index (χ4n) is 2.84. The summed E-state index contributed by atoms with van der Waals surface area (Å²) in [4.78, 5) is 12.6. The van der Waals surface area contributed by atoms with Crippen molar-refractivity contribution in [3.63, 3.8) is 0 Å². The van der Waals surface area contributed by atoms with Crippen molar-refractivity contribution >= 4 is 21.6 Å². The van der Waals surface area contributed by atoms with E-state index in [1.807, 2.05) is 30.3 Å². The molecule has 1 atom stereocenters. The SMILES string of the molecule is COCC(C)NS(=O)(=O)c1ccc(C(=O)Nc2ccc(Oc3ccccc3)cc2)cc1. The lowest BCUT2D eigenvalue weighted by atomic mass is 10.2. The molecule has 2 N–H and O–H groups in total. The molecule has 0 aromatic heterocycles. The zero-order valence-electron chi connectivity index (χ0n) is 17.2. The Morgan fingerprint density at radius 1 is 0.903 bits per heavy atom. The van der Waals surface area contributed by atoms with Crippen LogP contribution in [0.2, 0.25) is 0 Å². The Bertz CT molecular complexity index is 1100. The van der Waals surface area contributed by atoms with Gasteiger partial charge in [0, 0.05) is 24.4 Å². The van der Waals surface area contributed by atoms with E-state index in [-0.39, 0.29) is 23.5 Å². The van der Waals surface area contributed by atoms with Crippen molar-refractivity contribution in [2.45, 2.75) is 17.9 Å². The van der Waals surface area contributed by atoms with Gasteiger partial charge in [-0.1, -0.05) is 18.2 Å². The number of methoxy groups -OCH3 is 1. The summed E-state index contributed by atoms with van der Waals surface area (Å²) in [7, 11) is -2.19. The highest BCUT2D eigenvalue weighted by Gasteiger charge is 2.18. The van der Waals surface area contributed by atoms with Gasteiger partial charge in [-0.2, -0.15) is 0 Å². The molecule has 0 saturated carbocycles. The quantitative estimate of drug-likeness (QED) is 0.524. The highest BCUT2D eigenvalue weighted by atomic mass is 32.2. The number of hydrogen-bond donors (Lipinski definition) is 2. The first kappa shape index (κ1) is 22.5. The lowest BCUT2D eigenvalue weighted by Crippen LogP contribution is -2.35. The number of amides is 1. The summed E-state index contributed by atoms with van der Waals surface area (Å²) in [5, 5.41) is 2.78. The normalized spacial score (nSPS) is 12.2. The average Bonchev–Trinajstić information content (AvgIpc) is 2.76. The van der Waals surface area contributed by atoms with Gasteiger partial charge in [-0.25, -0.2) is 13.1 Å². The molecule has 0 saturated heterocycles. The van der Waals surface area contributed by atoms with Gasteiger partial charge < -0.3 is 14.8 Å². The van der Waals surface area contributed by atoms with Crippen LogP contribution in [0.4, 0.5) is 5.69 Å². The van der Waals surface area contributed by atoms with Gasteiger partial charge in [-0.05, 0) is 67.6 Å². The third kappa shape index (κ3) is 6.39. The number of carbonyl (C=O) groups is 1. The highest BCUT2D eigenvalue weighted by molar-refractivity contribution is 7.89. The molecule has 1 amide bonds. The first-order valence-electron chi connectivity index (χ1n) is 9.63. The van der Waals surface area contributed by atoms with Crippen molar-refractivity contribution in [3.8, 4) is 11.5 Å². The van der Waals surface area contributed by atoms with Crippen LogP contribution in [0.15, 0.2) is 83.8 Å². The molecule has 3 aromatic rings. The van der Waals surface area contributed by atoms with E-state index in [9.17, 15) is 13.2 Å². The molecule has 0 radical (unpaired) electrons. The third-order valence-electron chi connectivity index (χ3n) is 4.29. The molecule has 8 heteroatoms. The molecule has 7 nitrogen and oxygen atoms in total. The maximum atomic E-state index is 12.5. The summed E-state index contributed by atoms with van der Waals surface area (Å²) in [6.07, 6.45) is 0. The Balaban J connectivity index is 1.61. The largest absolute Gasteiger partial charge is 0.457 e. The van der Waals surface area contributed by atoms with Crippen molar-refractivity contribution in [1.29, 1.82) is 0 Å². The van der Waals surface area contributed by atoms with Gasteiger partial charge in [0.05, 0.1) is 11.5 Å². The summed E-state index contributed by atoms with van der Waals surface area (Å²) < 4.78 is 37.9. The van der Waals surface area contributed by atoms with Gasteiger partial charge >= 0.3 is 0 Å². The van der Waals surface area contributed by atoms with Crippen molar-refractivity contribution in [2.75, 3.05) is 19.0 Å². The van der Waals surface area contributed by atoms with E-state index in [2.05, 4.69) is 10.0 Å². The zero-order chi connectivity index (χ0) is 22.3. The molecular formula is C23H24N2O5S. The van der Waals surface area contributed by atoms with Crippen LogP contribution in [-0.4, -0.2) is 34.1 Å². The molecule has 0 aliphatic heterocycles. The number of para-hydroxylation sites is 1. The molecule has 0 spiro atoms. The first-order chi connectivity index (χ1) is 14.9. The van der Waals surface area contributed by atoms with Crippen LogP contribution < -0.4 is 14.8 Å². The highest BCUT2D eigenvalue weighted by Crippen LogP contribution is 2.23. The zero-order valence-corrected chi connectivity index (χ0v) is 18.1. The predicted octanol–water partition coefficient (Wildman–Crippen LogP) is 4.04. The Morgan fingerprint density at radius 2 is 1.52 bits per heavy atom. The Hall–Kier alpha value is -3.20. The van der Waals surface area contributed by atoms with E-state index in [0.717, 1.165) is 5.75 Å². The second-order valence-electron chi connectivity index (χ2n) is 6.90. The van der Waals surface area contributed by atoms with Gasteiger partial charge in [0.25, 0.3) is 5.91 Å². The summed E-state index contributed by atoms with van der Waals surface area (Å²) in [6, 6.07) is 21.7. The second-order valence-corrected chi connectivity index (χ2v) is 8.61. The minimum absolute atomic E-state index is 0.0782. The number of carbonyl (C=O) groups excluding carboxylic acids is 1. The number of hydrogen-bond acceptors (Lipinski definition) is 5. The number of sulfonamides is 1. The van der Waals surface area contributed by atoms with Crippen molar-refractivity contribution < 1.29 is 22.7 Å². The molecular weight excluding hydrogens is 416 g/mol. The van der Waals surface area contributed by atoms with Gasteiger partial charge in [0.2, 0.25) is 10.0 Å². The molecule has 0 fully saturated rings. The molecule has 162 valence electrons. The van der Waals surface area contributed by atoms with E-state index >= 15 is 0 Å². The van der Waals surface area contributed by atoms with E-state index < -0.39 is 10.0 Å². The topological polar surface area (TPSA) is 93.7 Å². The fraction of sp³-hybridized carbons (Fsp3) is 0.174. The van der Waals surface area contributed by atoms with E-state index in [0.29, 0.717) is 17.0 Å². The number of benzene rings is 3. The summed E-state index contributed by atoms with van der Waals surface area (Å²) in [5.41, 5.74) is 0.936. The van der Waals surface area contributed by atoms with Gasteiger partial charge in [0.1, 0.15) is 11.5 Å². The number of rotatable bonds is 9. The smallest absolute Gasteiger partial charge is 0.255 e. The number of anilines is 1. The first-order valence-corrected chi connectivity index (χ1v) is 11.1.